The lowest BCUT2D eigenvalue weighted by molar-refractivity contribution is 0.0944. The minimum atomic E-state index is -0.179. The molecule has 0 fully saturated rings. The lowest BCUT2D eigenvalue weighted by Gasteiger charge is -2.32. The Morgan fingerprint density at radius 3 is 2.62 bits per heavy atom. The first-order chi connectivity index (χ1) is 12.5. The van der Waals surface area contributed by atoms with E-state index in [9.17, 15) is 4.79 Å². The molecule has 0 spiro atoms. The van der Waals surface area contributed by atoms with Crippen molar-refractivity contribution in [3.63, 3.8) is 0 Å². The molecular formula is C20H22Cl2N2O2. The summed E-state index contributed by atoms with van der Waals surface area (Å²) in [5.74, 6) is -0.0173. The third kappa shape index (κ3) is 3.89. The SMILES string of the molecule is CNC1CC[C@@H](c2ccc(Cl)c(Cl)c2)c2cc(C(=O)NCCO)ccc21. The van der Waals surface area contributed by atoms with Crippen molar-refractivity contribution in [2.45, 2.75) is 24.8 Å². The number of rotatable bonds is 5. The minimum Gasteiger partial charge on any atom is -0.395 e. The van der Waals surface area contributed by atoms with Crippen LogP contribution in [0.5, 0.6) is 0 Å². The molecule has 26 heavy (non-hydrogen) atoms. The average molecular weight is 393 g/mol. The summed E-state index contributed by atoms with van der Waals surface area (Å²) in [6.45, 7) is 0.162. The van der Waals surface area contributed by atoms with E-state index in [-0.39, 0.29) is 31.0 Å². The molecule has 1 aliphatic rings. The van der Waals surface area contributed by atoms with Crippen LogP contribution in [-0.2, 0) is 0 Å². The van der Waals surface area contributed by atoms with Crippen LogP contribution in [0.2, 0.25) is 10.0 Å². The van der Waals surface area contributed by atoms with Crippen molar-refractivity contribution in [2.75, 3.05) is 20.2 Å². The van der Waals surface area contributed by atoms with Crippen molar-refractivity contribution in [1.29, 1.82) is 0 Å². The number of halogens is 2. The highest BCUT2D eigenvalue weighted by Crippen LogP contribution is 2.42. The fourth-order valence-electron chi connectivity index (χ4n) is 3.63. The Kier molecular flexibility index (Phi) is 6.20. The molecule has 4 nitrogen and oxygen atoms in total. The fraction of sp³-hybridized carbons (Fsp3) is 0.350. The summed E-state index contributed by atoms with van der Waals surface area (Å²) in [6.07, 6.45) is 1.96. The zero-order valence-electron chi connectivity index (χ0n) is 14.6. The van der Waals surface area contributed by atoms with Crippen LogP contribution >= 0.6 is 23.2 Å². The van der Waals surface area contributed by atoms with Gasteiger partial charge in [0.1, 0.15) is 0 Å². The minimum absolute atomic E-state index is 0.0790. The molecule has 2 aromatic carbocycles. The zero-order valence-corrected chi connectivity index (χ0v) is 16.1. The number of amides is 1. The number of benzene rings is 2. The number of aliphatic hydroxyl groups excluding tert-OH is 1. The van der Waals surface area contributed by atoms with E-state index in [1.807, 2.05) is 43.4 Å². The monoisotopic (exact) mass is 392 g/mol. The largest absolute Gasteiger partial charge is 0.395 e. The molecule has 0 saturated carbocycles. The maximum Gasteiger partial charge on any atom is 0.251 e. The first-order valence-electron chi connectivity index (χ1n) is 8.70. The molecule has 1 unspecified atom stereocenters. The molecule has 0 bridgehead atoms. The lowest BCUT2D eigenvalue weighted by atomic mass is 9.76. The van der Waals surface area contributed by atoms with Gasteiger partial charge in [-0.15, -0.1) is 0 Å². The molecular weight excluding hydrogens is 371 g/mol. The summed E-state index contributed by atoms with van der Waals surface area (Å²) < 4.78 is 0. The fourth-order valence-corrected chi connectivity index (χ4v) is 3.93. The molecule has 3 rings (SSSR count). The summed E-state index contributed by atoms with van der Waals surface area (Å²) in [7, 11) is 1.95. The Hall–Kier alpha value is -1.59. The predicted molar refractivity (Wildman–Crippen MR) is 105 cm³/mol. The maximum absolute atomic E-state index is 12.3. The Morgan fingerprint density at radius 2 is 1.92 bits per heavy atom. The molecule has 0 heterocycles. The Labute approximate surface area is 163 Å². The van der Waals surface area contributed by atoms with Crippen molar-refractivity contribution in [2.24, 2.45) is 0 Å². The lowest BCUT2D eigenvalue weighted by Crippen LogP contribution is -2.28. The van der Waals surface area contributed by atoms with Crippen LogP contribution in [0, 0.1) is 0 Å². The molecule has 0 saturated heterocycles. The number of fused-ring (bicyclic) bond motifs is 1. The van der Waals surface area contributed by atoms with Crippen molar-refractivity contribution in [3.8, 4) is 0 Å². The van der Waals surface area contributed by atoms with Crippen LogP contribution in [0.25, 0.3) is 0 Å². The summed E-state index contributed by atoms with van der Waals surface area (Å²) in [6, 6.07) is 11.8. The molecule has 1 aliphatic carbocycles. The van der Waals surface area contributed by atoms with E-state index < -0.39 is 0 Å². The van der Waals surface area contributed by atoms with Crippen molar-refractivity contribution in [1.82, 2.24) is 10.6 Å². The van der Waals surface area contributed by atoms with Crippen LogP contribution < -0.4 is 10.6 Å². The molecule has 0 aromatic heterocycles. The van der Waals surface area contributed by atoms with Crippen LogP contribution in [0.15, 0.2) is 36.4 Å². The molecule has 2 aromatic rings. The zero-order chi connectivity index (χ0) is 18.7. The molecule has 2 atom stereocenters. The van der Waals surface area contributed by atoms with Crippen LogP contribution in [0.4, 0.5) is 0 Å². The van der Waals surface area contributed by atoms with E-state index in [0.29, 0.717) is 15.6 Å². The van der Waals surface area contributed by atoms with E-state index >= 15 is 0 Å². The molecule has 0 radical (unpaired) electrons. The van der Waals surface area contributed by atoms with Crippen LogP contribution in [0.1, 0.15) is 51.8 Å². The van der Waals surface area contributed by atoms with Gasteiger partial charge in [0.25, 0.3) is 5.91 Å². The second-order valence-electron chi connectivity index (χ2n) is 6.47. The Morgan fingerprint density at radius 1 is 1.12 bits per heavy atom. The van der Waals surface area contributed by atoms with Gasteiger partial charge in [0, 0.05) is 24.1 Å². The van der Waals surface area contributed by atoms with Gasteiger partial charge in [0.2, 0.25) is 0 Å². The van der Waals surface area contributed by atoms with Gasteiger partial charge >= 0.3 is 0 Å². The Bertz CT molecular complexity index is 810. The van der Waals surface area contributed by atoms with E-state index in [0.717, 1.165) is 24.0 Å². The topological polar surface area (TPSA) is 61.4 Å². The van der Waals surface area contributed by atoms with E-state index in [2.05, 4.69) is 10.6 Å². The number of nitrogens with one attached hydrogen (secondary N) is 2. The van der Waals surface area contributed by atoms with Gasteiger partial charge in [-0.05, 0) is 60.8 Å². The van der Waals surface area contributed by atoms with Crippen molar-refractivity contribution < 1.29 is 9.90 Å². The predicted octanol–water partition coefficient (Wildman–Crippen LogP) is 3.90. The molecule has 6 heteroatoms. The summed E-state index contributed by atoms with van der Waals surface area (Å²) >= 11 is 12.3. The third-order valence-corrected chi connectivity index (χ3v) is 5.67. The van der Waals surface area contributed by atoms with E-state index in [1.165, 1.54) is 5.56 Å². The number of carbonyl (C=O) groups excluding carboxylic acids is 1. The standard InChI is InChI=1S/C20H22Cl2N2O2/c1-23-19-7-5-14(12-3-6-17(21)18(22)11-12)16-10-13(2-4-15(16)19)20(26)24-8-9-25/h2-4,6,10-11,14,19,23,25H,5,7-9H2,1H3,(H,24,26)/t14-,19?/m0/s1. The first kappa shape index (κ1) is 19.2. The number of hydrogen-bond donors (Lipinski definition) is 3. The van der Waals surface area contributed by atoms with Gasteiger partial charge in [-0.2, -0.15) is 0 Å². The maximum atomic E-state index is 12.3. The molecule has 1 amide bonds. The van der Waals surface area contributed by atoms with Gasteiger partial charge in [-0.3, -0.25) is 4.79 Å². The second-order valence-corrected chi connectivity index (χ2v) is 7.28. The van der Waals surface area contributed by atoms with E-state index in [1.54, 1.807) is 0 Å². The molecule has 0 aliphatic heterocycles. The van der Waals surface area contributed by atoms with Gasteiger partial charge in [0.05, 0.1) is 16.7 Å². The van der Waals surface area contributed by atoms with E-state index in [4.69, 9.17) is 28.3 Å². The quantitative estimate of drug-likeness (QED) is 0.722. The van der Waals surface area contributed by atoms with Crippen molar-refractivity contribution in [3.05, 3.63) is 68.7 Å². The molecule has 3 N–H and O–H groups in total. The summed E-state index contributed by atoms with van der Waals surface area (Å²) in [4.78, 5) is 12.3. The van der Waals surface area contributed by atoms with Crippen LogP contribution in [-0.4, -0.2) is 31.2 Å². The highest BCUT2D eigenvalue weighted by molar-refractivity contribution is 6.42. The molecule has 138 valence electrons. The highest BCUT2D eigenvalue weighted by Gasteiger charge is 2.28. The highest BCUT2D eigenvalue weighted by atomic mass is 35.5. The van der Waals surface area contributed by atoms with Gasteiger partial charge in [-0.1, -0.05) is 35.3 Å². The first-order valence-corrected chi connectivity index (χ1v) is 9.46. The van der Waals surface area contributed by atoms with Crippen molar-refractivity contribution >= 4 is 29.1 Å². The average Bonchev–Trinajstić information content (AvgIpc) is 2.67. The summed E-state index contributed by atoms with van der Waals surface area (Å²) in [5.41, 5.74) is 4.03. The van der Waals surface area contributed by atoms with Gasteiger partial charge < -0.3 is 15.7 Å². The normalized spacial score (nSPS) is 19.1. The Balaban J connectivity index is 2.02. The number of carbonyl (C=O) groups is 1. The van der Waals surface area contributed by atoms with Crippen LogP contribution in [0.3, 0.4) is 0 Å². The van der Waals surface area contributed by atoms with Gasteiger partial charge in [-0.25, -0.2) is 0 Å². The number of aliphatic hydroxyl groups is 1. The third-order valence-electron chi connectivity index (χ3n) is 4.94. The second kappa shape index (κ2) is 8.40. The van der Waals surface area contributed by atoms with Gasteiger partial charge in [0.15, 0.2) is 0 Å². The number of hydrogen-bond acceptors (Lipinski definition) is 3. The smallest absolute Gasteiger partial charge is 0.251 e. The summed E-state index contributed by atoms with van der Waals surface area (Å²) in [5, 5.41) is 16.1.